The van der Waals surface area contributed by atoms with E-state index in [1.165, 1.54) is 24.5 Å². The molecule has 6 fully saturated rings. The summed E-state index contributed by atoms with van der Waals surface area (Å²) in [6.07, 6.45) is 31.6. The van der Waals surface area contributed by atoms with Crippen molar-refractivity contribution in [2.75, 3.05) is 0 Å². The Hall–Kier alpha value is -2.63. The van der Waals surface area contributed by atoms with Crippen LogP contribution in [-0.4, -0.2) is 33.8 Å². The van der Waals surface area contributed by atoms with Gasteiger partial charge in [-0.3, -0.25) is 14.4 Å². The summed E-state index contributed by atoms with van der Waals surface area (Å²) in [7, 11) is 0. The lowest BCUT2D eigenvalue weighted by atomic mass is 9.50. The molecule has 0 heterocycles. The van der Waals surface area contributed by atoms with Crippen LogP contribution in [0.4, 0.5) is 0 Å². The minimum atomic E-state index is -0.902. The van der Waals surface area contributed by atoms with Gasteiger partial charge in [0.05, 0.1) is 0 Å². The van der Waals surface area contributed by atoms with E-state index in [0.29, 0.717) is 65.3 Å². The topological polar surface area (TPSA) is 80.7 Å². The molecule has 0 aliphatic heterocycles. The number of esters is 1. The van der Waals surface area contributed by atoms with Crippen LogP contribution < -0.4 is 0 Å². The van der Waals surface area contributed by atoms with Crippen LogP contribution in [0.3, 0.4) is 0 Å². The third-order valence-electron chi connectivity index (χ3n) is 15.7. The van der Waals surface area contributed by atoms with E-state index in [9.17, 15) is 19.5 Å². The molecule has 0 amide bonds. The molecular formula is C42H54O5. The van der Waals surface area contributed by atoms with Crippen LogP contribution in [0.15, 0.2) is 23.3 Å². The highest BCUT2D eigenvalue weighted by Gasteiger charge is 2.65. The highest BCUT2D eigenvalue weighted by molar-refractivity contribution is 5.91. The minimum Gasteiger partial charge on any atom is -0.445 e. The Bertz CT molecular complexity index is 1490. The molecule has 12 atom stereocenters. The number of ketones is 2. The van der Waals surface area contributed by atoms with Gasteiger partial charge in [-0.1, -0.05) is 36.8 Å². The first kappa shape index (κ1) is 32.9. The molecular weight excluding hydrogens is 584 g/mol. The first-order valence-corrected chi connectivity index (χ1v) is 18.7. The van der Waals surface area contributed by atoms with E-state index < -0.39 is 11.2 Å². The molecule has 8 rings (SSSR count). The van der Waals surface area contributed by atoms with Crippen molar-refractivity contribution in [3.8, 4) is 24.7 Å². The van der Waals surface area contributed by atoms with Crippen LogP contribution in [0.2, 0.25) is 0 Å². The molecule has 0 aromatic heterocycles. The standard InChI is InChI=1S/C22H28O3.C20H26O2/c1-4-22(25-14(2)23)12-10-20-19-7-5-15-13-16(24)6-8-17(15)18(19)9-11-21(20,22)3;1-3-20(22)11-9-18-17-6-4-13-12-14(21)5-7-15(13)16(17)8-10-19(18,20)2/h1,13,17-20H,5-12H2,2-3H3;1,12,15-18,22H,4-11H2,2H3/t17-,18+,19+,20-,21-,22-;15-,16+,17+,18-,19-,20-/m00/s1. The summed E-state index contributed by atoms with van der Waals surface area (Å²) < 4.78 is 5.79. The second-order valence-electron chi connectivity index (χ2n) is 17.2. The van der Waals surface area contributed by atoms with Crippen LogP contribution in [-0.2, 0) is 19.1 Å². The van der Waals surface area contributed by atoms with Gasteiger partial charge in [0.25, 0.3) is 0 Å². The fourth-order valence-electron chi connectivity index (χ4n) is 13.3. The Morgan fingerprint density at radius 2 is 1.21 bits per heavy atom. The summed E-state index contributed by atoms with van der Waals surface area (Å²) in [6, 6.07) is 0. The van der Waals surface area contributed by atoms with E-state index in [0.717, 1.165) is 89.9 Å². The lowest BCUT2D eigenvalue weighted by Crippen LogP contribution is -2.53. The summed E-state index contributed by atoms with van der Waals surface area (Å²) in [5.41, 5.74) is 0.983. The molecule has 0 spiro atoms. The van der Waals surface area contributed by atoms with Gasteiger partial charge < -0.3 is 9.84 Å². The molecule has 0 bridgehead atoms. The molecule has 0 unspecified atom stereocenters. The van der Waals surface area contributed by atoms with Gasteiger partial charge in [0, 0.05) is 30.6 Å². The fourth-order valence-corrected chi connectivity index (χ4v) is 13.3. The predicted molar refractivity (Wildman–Crippen MR) is 181 cm³/mol. The zero-order chi connectivity index (χ0) is 33.4. The number of fused-ring (bicyclic) bond motifs is 10. The molecule has 8 aliphatic carbocycles. The number of hydrogen-bond donors (Lipinski definition) is 1. The van der Waals surface area contributed by atoms with Crippen molar-refractivity contribution < 1.29 is 24.2 Å². The quantitative estimate of drug-likeness (QED) is 0.237. The van der Waals surface area contributed by atoms with E-state index in [-0.39, 0.29) is 16.8 Å². The zero-order valence-electron chi connectivity index (χ0n) is 28.8. The molecule has 47 heavy (non-hydrogen) atoms. The molecule has 252 valence electrons. The van der Waals surface area contributed by atoms with Crippen LogP contribution >= 0.6 is 0 Å². The lowest BCUT2D eigenvalue weighted by molar-refractivity contribution is -0.167. The van der Waals surface area contributed by atoms with E-state index >= 15 is 0 Å². The van der Waals surface area contributed by atoms with Gasteiger partial charge in [-0.25, -0.2) is 0 Å². The first-order chi connectivity index (χ1) is 22.4. The van der Waals surface area contributed by atoms with E-state index in [1.807, 2.05) is 12.2 Å². The fraction of sp³-hybridized carbons (Fsp3) is 0.738. The summed E-state index contributed by atoms with van der Waals surface area (Å²) in [5.74, 6) is 11.1. The Morgan fingerprint density at radius 1 is 0.702 bits per heavy atom. The molecule has 0 aromatic carbocycles. The Balaban J connectivity index is 0.000000151. The van der Waals surface area contributed by atoms with Gasteiger partial charge in [0.2, 0.25) is 0 Å². The van der Waals surface area contributed by atoms with Crippen molar-refractivity contribution in [2.24, 2.45) is 58.2 Å². The van der Waals surface area contributed by atoms with E-state index in [4.69, 9.17) is 17.6 Å². The van der Waals surface area contributed by atoms with Crippen LogP contribution in [0.25, 0.3) is 0 Å². The Kier molecular flexibility index (Phi) is 8.23. The summed E-state index contributed by atoms with van der Waals surface area (Å²) in [4.78, 5) is 35.2. The number of allylic oxidation sites excluding steroid dienone is 2. The highest BCUT2D eigenvalue weighted by atomic mass is 16.6. The molecule has 0 radical (unpaired) electrons. The number of aliphatic hydroxyl groups is 1. The van der Waals surface area contributed by atoms with Gasteiger partial charge in [0.15, 0.2) is 17.2 Å². The highest BCUT2D eigenvalue weighted by Crippen LogP contribution is 2.66. The lowest BCUT2D eigenvalue weighted by Gasteiger charge is -2.55. The second-order valence-corrected chi connectivity index (χ2v) is 17.2. The molecule has 5 heteroatoms. The van der Waals surface area contributed by atoms with E-state index in [2.05, 4.69) is 25.7 Å². The van der Waals surface area contributed by atoms with E-state index in [1.54, 1.807) is 0 Å². The molecule has 0 saturated heterocycles. The molecule has 5 nitrogen and oxygen atoms in total. The Labute approximate surface area is 282 Å². The smallest absolute Gasteiger partial charge is 0.304 e. The molecule has 1 N–H and O–H groups in total. The molecule has 8 aliphatic rings. The third kappa shape index (κ3) is 4.96. The number of carbonyl (C=O) groups is 3. The first-order valence-electron chi connectivity index (χ1n) is 18.7. The van der Waals surface area contributed by atoms with Crippen LogP contribution in [0.1, 0.15) is 124 Å². The van der Waals surface area contributed by atoms with Gasteiger partial charge in [-0.05, 0) is 149 Å². The Morgan fingerprint density at radius 3 is 1.72 bits per heavy atom. The SMILES string of the molecule is C#C[C@]1(O)CC[C@H]2[C@@H]3CCC4=CC(=O)CC[C@@H]4[C@H]3CC[C@@]21C.C#C[C@]1(OC(C)=O)CC[C@H]2[C@@H]3CCC4=CC(=O)CC[C@@H]4[C@H]3CC[C@@]21C. The normalized spacial score (nSPS) is 47.8. The van der Waals surface area contributed by atoms with Crippen molar-refractivity contribution in [2.45, 2.75) is 135 Å². The van der Waals surface area contributed by atoms with Crippen molar-refractivity contribution in [3.63, 3.8) is 0 Å². The number of rotatable bonds is 1. The number of carbonyl (C=O) groups excluding carboxylic acids is 3. The summed E-state index contributed by atoms with van der Waals surface area (Å²) >= 11 is 0. The minimum absolute atomic E-state index is 0.103. The maximum Gasteiger partial charge on any atom is 0.304 e. The van der Waals surface area contributed by atoms with Crippen molar-refractivity contribution >= 4 is 17.5 Å². The third-order valence-corrected chi connectivity index (χ3v) is 15.7. The average Bonchev–Trinajstić information content (AvgIpc) is 3.50. The number of ether oxygens (including phenoxy) is 1. The van der Waals surface area contributed by atoms with Crippen LogP contribution in [0.5, 0.6) is 0 Å². The van der Waals surface area contributed by atoms with Gasteiger partial charge in [-0.15, -0.1) is 12.8 Å². The second kappa shape index (κ2) is 11.8. The summed E-state index contributed by atoms with van der Waals surface area (Å²) in [5, 5.41) is 10.9. The van der Waals surface area contributed by atoms with Gasteiger partial charge in [0.1, 0.15) is 5.60 Å². The van der Waals surface area contributed by atoms with Crippen LogP contribution in [0, 0.1) is 82.9 Å². The predicted octanol–water partition coefficient (Wildman–Crippen LogP) is 7.56. The average molecular weight is 639 g/mol. The summed E-state index contributed by atoms with van der Waals surface area (Å²) in [6.45, 7) is 5.97. The largest absolute Gasteiger partial charge is 0.445 e. The van der Waals surface area contributed by atoms with Gasteiger partial charge >= 0.3 is 5.97 Å². The maximum atomic E-state index is 11.8. The van der Waals surface area contributed by atoms with Crippen molar-refractivity contribution in [1.82, 2.24) is 0 Å². The number of hydrogen-bond acceptors (Lipinski definition) is 5. The van der Waals surface area contributed by atoms with Crippen molar-refractivity contribution in [1.29, 1.82) is 0 Å². The monoisotopic (exact) mass is 638 g/mol. The maximum absolute atomic E-state index is 11.8. The molecule has 6 saturated carbocycles. The molecule has 0 aromatic rings. The van der Waals surface area contributed by atoms with Crippen molar-refractivity contribution in [3.05, 3.63) is 23.3 Å². The zero-order valence-corrected chi connectivity index (χ0v) is 28.8. The van der Waals surface area contributed by atoms with Gasteiger partial charge in [-0.2, -0.15) is 0 Å². The number of terminal acetylenes is 2.